The molecule has 0 aliphatic rings. The fourth-order valence-electron chi connectivity index (χ4n) is 1.74. The summed E-state index contributed by atoms with van der Waals surface area (Å²) >= 11 is 8.32. The van der Waals surface area contributed by atoms with Gasteiger partial charge in [0.2, 0.25) is 0 Å². The third-order valence-electron chi connectivity index (χ3n) is 2.63. The molecule has 0 rings (SSSR count). The molecule has 0 aliphatic heterocycles. The van der Waals surface area contributed by atoms with Crippen LogP contribution in [0.5, 0.6) is 0 Å². The monoisotopic (exact) mass is 369 g/mol. The molecule has 0 aromatic rings. The molecule has 7 heteroatoms. The van der Waals surface area contributed by atoms with Crippen LogP contribution in [0.4, 0.5) is 0 Å². The molecule has 0 amide bonds. The molecule has 0 bridgehead atoms. The minimum atomic E-state index is -0.750. The molecule has 0 aromatic carbocycles. The summed E-state index contributed by atoms with van der Waals surface area (Å²) in [4.78, 5) is 0. The first kappa shape index (κ1) is 24.9. The van der Waals surface area contributed by atoms with Crippen molar-refractivity contribution < 1.29 is 27.3 Å². The quantitative estimate of drug-likeness (QED) is 0.362. The minimum Gasteiger partial charge on any atom is -0.852 e. The van der Waals surface area contributed by atoms with E-state index in [9.17, 15) is 5.11 Å². The third kappa shape index (κ3) is 26.5. The van der Waals surface area contributed by atoms with E-state index in [1.165, 1.54) is 38.5 Å². The van der Waals surface area contributed by atoms with Gasteiger partial charge in [0.1, 0.15) is 0 Å². The first-order chi connectivity index (χ1) is 8.93. The molecular weight excluding hydrogens is 344 g/mol. The number of nitrogens with two attached hydrogens (primary N) is 1. The summed E-state index contributed by atoms with van der Waals surface area (Å²) in [5, 5.41) is 21.7. The molecule has 4 nitrogen and oxygen atoms in total. The predicted molar refractivity (Wildman–Crippen MR) is 84.6 cm³/mol. The molecule has 0 aromatic heterocycles. The van der Waals surface area contributed by atoms with Crippen molar-refractivity contribution in [1.29, 1.82) is 0 Å². The second-order valence-electron chi connectivity index (χ2n) is 4.44. The van der Waals surface area contributed by atoms with E-state index in [0.717, 1.165) is 12.8 Å². The van der Waals surface area contributed by atoms with Crippen LogP contribution in [0.3, 0.4) is 0 Å². The number of hydrogen-bond donors (Lipinski definition) is 2. The molecule has 20 heavy (non-hydrogen) atoms. The second kappa shape index (κ2) is 18.9. The van der Waals surface area contributed by atoms with Crippen molar-refractivity contribution >= 4 is 34.8 Å². The Morgan fingerprint density at radius 2 is 1.35 bits per heavy atom. The van der Waals surface area contributed by atoms with Gasteiger partial charge in [0.15, 0.2) is 0 Å². The zero-order chi connectivity index (χ0) is 15.1. The van der Waals surface area contributed by atoms with Crippen molar-refractivity contribution in [2.75, 3.05) is 0 Å². The van der Waals surface area contributed by atoms with Gasteiger partial charge in [-0.2, -0.15) is 0 Å². The number of rotatable bonds is 9. The van der Waals surface area contributed by atoms with Crippen LogP contribution in [-0.2, 0) is 17.1 Å². The molecule has 0 saturated heterocycles. The Morgan fingerprint density at radius 3 is 1.60 bits per heavy atom. The number of nitrogens with one attached hydrogen (secondary N) is 1. The van der Waals surface area contributed by atoms with Crippen molar-refractivity contribution in [2.24, 2.45) is 5.73 Å². The third-order valence-corrected chi connectivity index (χ3v) is 2.75. The van der Waals surface area contributed by atoms with Crippen LogP contribution >= 0.6 is 24.4 Å². The summed E-state index contributed by atoms with van der Waals surface area (Å²) < 4.78 is 0. The van der Waals surface area contributed by atoms with E-state index in [1.807, 2.05) is 0 Å². The number of thiocarbonyl (C=S) groups is 2. The fourth-order valence-corrected chi connectivity index (χ4v) is 1.90. The van der Waals surface area contributed by atoms with E-state index in [0.29, 0.717) is 6.04 Å². The fraction of sp³-hybridized carbons (Fsp3) is 0.846. The van der Waals surface area contributed by atoms with Gasteiger partial charge < -0.3 is 21.3 Å². The molecule has 0 spiro atoms. The summed E-state index contributed by atoms with van der Waals surface area (Å²) in [6.07, 6.45) is 9.51. The van der Waals surface area contributed by atoms with Crippen LogP contribution in [0.25, 0.3) is 0 Å². The Bertz CT molecular complexity index is 230. The topological polar surface area (TPSA) is 84.2 Å². The standard InChI is InChI=1S/C12H25NOS.CH3NOS.Cu/c1-3-5-7-9-11(13-12(14)15)10-8-6-4-2;2-1(3)4;/h11H,3-10H2,1-2H3,(H2,13,14,15);(H3,2,3,4);/q;;+2/p-2. The van der Waals surface area contributed by atoms with Gasteiger partial charge in [-0.1, -0.05) is 76.8 Å². The van der Waals surface area contributed by atoms with E-state index in [4.69, 9.17) is 5.11 Å². The summed E-state index contributed by atoms with van der Waals surface area (Å²) in [6.45, 7) is 4.38. The molecule has 0 unspecified atom stereocenters. The predicted octanol–water partition coefficient (Wildman–Crippen LogP) is 1.34. The summed E-state index contributed by atoms with van der Waals surface area (Å²) in [5.74, 6) is 0. The van der Waals surface area contributed by atoms with Crippen LogP contribution in [0.2, 0.25) is 0 Å². The van der Waals surface area contributed by atoms with Gasteiger partial charge in [0, 0.05) is 16.4 Å². The van der Waals surface area contributed by atoms with Gasteiger partial charge in [0.05, 0.1) is 0 Å². The number of unbranched alkanes of at least 4 members (excludes halogenated alkanes) is 4. The molecule has 0 aliphatic carbocycles. The van der Waals surface area contributed by atoms with Gasteiger partial charge in [-0.3, -0.25) is 0 Å². The van der Waals surface area contributed by atoms with E-state index >= 15 is 0 Å². The second-order valence-corrected chi connectivity index (χ2v) is 5.21. The minimum absolute atomic E-state index is 0. The Morgan fingerprint density at radius 1 is 1.00 bits per heavy atom. The van der Waals surface area contributed by atoms with Crippen LogP contribution in [0.1, 0.15) is 65.2 Å². The van der Waals surface area contributed by atoms with Crippen LogP contribution < -0.4 is 21.3 Å². The molecule has 0 atom stereocenters. The maximum Gasteiger partial charge on any atom is 2.00 e. The van der Waals surface area contributed by atoms with Gasteiger partial charge in [-0.15, -0.1) is 0 Å². The Hall–Kier alpha value is -0.101. The van der Waals surface area contributed by atoms with E-state index in [-0.39, 0.29) is 22.2 Å². The Balaban J connectivity index is -0.000000508. The van der Waals surface area contributed by atoms with Gasteiger partial charge in [-0.05, 0) is 12.8 Å². The maximum absolute atomic E-state index is 10.8. The van der Waals surface area contributed by atoms with Crippen LogP contribution in [0, 0.1) is 0 Å². The van der Waals surface area contributed by atoms with Gasteiger partial charge in [0.25, 0.3) is 0 Å². The zero-order valence-electron chi connectivity index (χ0n) is 12.2. The van der Waals surface area contributed by atoms with E-state index in [1.54, 1.807) is 0 Å². The molecule has 0 saturated carbocycles. The normalized spacial score (nSPS) is 9.15. The van der Waals surface area contributed by atoms with Crippen LogP contribution in [-0.4, -0.2) is 16.4 Å². The number of hydrogen-bond acceptors (Lipinski definition) is 4. The van der Waals surface area contributed by atoms with Crippen molar-refractivity contribution in [3.05, 3.63) is 0 Å². The molecule has 123 valence electrons. The van der Waals surface area contributed by atoms with Gasteiger partial charge >= 0.3 is 17.1 Å². The van der Waals surface area contributed by atoms with E-state index < -0.39 is 5.17 Å². The molecule has 1 radical (unpaired) electrons. The molecule has 0 fully saturated rings. The maximum atomic E-state index is 10.8. The van der Waals surface area contributed by atoms with Crippen molar-refractivity contribution in [3.63, 3.8) is 0 Å². The Kier molecular flexibility index (Phi) is 23.5. The van der Waals surface area contributed by atoms with Crippen molar-refractivity contribution in [1.82, 2.24) is 5.32 Å². The Labute approximate surface area is 144 Å². The van der Waals surface area contributed by atoms with E-state index in [2.05, 4.69) is 49.3 Å². The van der Waals surface area contributed by atoms with Crippen molar-refractivity contribution in [2.45, 2.75) is 71.3 Å². The smallest absolute Gasteiger partial charge is 0.852 e. The van der Waals surface area contributed by atoms with Gasteiger partial charge in [-0.25, -0.2) is 0 Å². The average molecular weight is 370 g/mol. The summed E-state index contributed by atoms with van der Waals surface area (Å²) in [7, 11) is 0. The summed E-state index contributed by atoms with van der Waals surface area (Å²) in [6, 6.07) is 0.313. The molecule has 0 heterocycles. The summed E-state index contributed by atoms with van der Waals surface area (Å²) in [5.41, 5.74) is 4.29. The molecule has 3 N–H and O–H groups in total. The molecular formula is C13H26CuN2O2S2. The largest absolute Gasteiger partial charge is 2.00 e. The average Bonchev–Trinajstić information content (AvgIpc) is 2.28. The zero-order valence-corrected chi connectivity index (χ0v) is 14.8. The first-order valence-electron chi connectivity index (χ1n) is 6.87. The van der Waals surface area contributed by atoms with Crippen LogP contribution in [0.15, 0.2) is 0 Å². The van der Waals surface area contributed by atoms with Crippen molar-refractivity contribution in [3.8, 4) is 0 Å². The first-order valence-corrected chi connectivity index (χ1v) is 7.69. The SMILES string of the molecule is CCCCCC(CCCCC)NC([O-])=S.NC([O-])=S.[Cu+2].